The number of urea groups is 1. The number of carbonyl (C=O) groups is 3. The number of nitrogens with one attached hydrogen (secondary N) is 2. The zero-order chi connectivity index (χ0) is 16.8. The minimum Gasteiger partial charge on any atom is -0.344 e. The molecule has 0 aromatic carbocycles. The van der Waals surface area contributed by atoms with E-state index in [1.807, 2.05) is 17.8 Å². The van der Waals surface area contributed by atoms with Gasteiger partial charge in [-0.25, -0.2) is 9.78 Å². The summed E-state index contributed by atoms with van der Waals surface area (Å²) in [6.07, 6.45) is 5.64. The van der Waals surface area contributed by atoms with E-state index < -0.39 is 17.5 Å². The summed E-state index contributed by atoms with van der Waals surface area (Å²) in [6, 6.07) is -0.693. The fourth-order valence-corrected chi connectivity index (χ4v) is 2.83. The second-order valence-corrected chi connectivity index (χ2v) is 6.68. The Morgan fingerprint density at radius 3 is 2.65 bits per heavy atom. The normalized spacial score (nSPS) is 21.3. The van der Waals surface area contributed by atoms with Crippen molar-refractivity contribution in [1.82, 2.24) is 25.1 Å². The van der Waals surface area contributed by atoms with E-state index in [9.17, 15) is 14.4 Å². The number of amides is 4. The van der Waals surface area contributed by atoms with E-state index in [0.29, 0.717) is 5.92 Å². The van der Waals surface area contributed by atoms with Gasteiger partial charge in [-0.15, -0.1) is 0 Å². The van der Waals surface area contributed by atoms with E-state index in [1.165, 1.54) is 4.90 Å². The molecule has 1 aromatic rings. The maximum atomic E-state index is 12.4. The van der Waals surface area contributed by atoms with Crippen LogP contribution in [0, 0.1) is 5.92 Å². The lowest BCUT2D eigenvalue weighted by Crippen LogP contribution is -2.49. The molecule has 0 unspecified atom stereocenters. The van der Waals surface area contributed by atoms with Crippen molar-refractivity contribution in [3.8, 4) is 0 Å². The van der Waals surface area contributed by atoms with Crippen molar-refractivity contribution in [2.45, 2.75) is 38.3 Å². The summed E-state index contributed by atoms with van der Waals surface area (Å²) in [5.74, 6) is 0.505. The molecule has 1 aliphatic heterocycles. The van der Waals surface area contributed by atoms with E-state index in [4.69, 9.17) is 0 Å². The number of aromatic nitrogens is 2. The number of hydrogen-bond acceptors (Lipinski definition) is 4. The lowest BCUT2D eigenvalue weighted by atomic mass is 10.0. The van der Waals surface area contributed by atoms with Crippen LogP contribution in [0.3, 0.4) is 0 Å². The molecule has 3 rings (SSSR count). The zero-order valence-electron chi connectivity index (χ0n) is 13.5. The molecule has 1 aromatic heterocycles. The van der Waals surface area contributed by atoms with Crippen LogP contribution >= 0.6 is 0 Å². The van der Waals surface area contributed by atoms with Gasteiger partial charge >= 0.3 is 6.03 Å². The third kappa shape index (κ3) is 2.80. The summed E-state index contributed by atoms with van der Waals surface area (Å²) in [6.45, 7) is 3.09. The van der Waals surface area contributed by atoms with Crippen molar-refractivity contribution in [2.24, 2.45) is 13.0 Å². The minimum absolute atomic E-state index is 0.155. The highest BCUT2D eigenvalue weighted by atomic mass is 16.2. The summed E-state index contributed by atoms with van der Waals surface area (Å²) < 4.78 is 1.89. The molecule has 0 bridgehead atoms. The quantitative estimate of drug-likeness (QED) is 0.764. The number of imidazole rings is 1. The van der Waals surface area contributed by atoms with Gasteiger partial charge in [0.15, 0.2) is 0 Å². The first-order valence-corrected chi connectivity index (χ1v) is 7.70. The highest BCUT2D eigenvalue weighted by Gasteiger charge is 2.46. The molecule has 2 fully saturated rings. The van der Waals surface area contributed by atoms with Crippen LogP contribution in [0.4, 0.5) is 4.79 Å². The number of imide groups is 1. The Morgan fingerprint density at radius 2 is 2.17 bits per heavy atom. The van der Waals surface area contributed by atoms with Crippen LogP contribution in [-0.4, -0.2) is 44.4 Å². The summed E-state index contributed by atoms with van der Waals surface area (Å²) >= 11 is 0. The van der Waals surface area contributed by atoms with Crippen LogP contribution < -0.4 is 10.6 Å². The average Bonchev–Trinajstić information content (AvgIpc) is 3.19. The van der Waals surface area contributed by atoms with Crippen molar-refractivity contribution >= 4 is 17.8 Å². The highest BCUT2D eigenvalue weighted by molar-refractivity contribution is 6.07. The van der Waals surface area contributed by atoms with E-state index in [-0.39, 0.29) is 18.5 Å². The van der Waals surface area contributed by atoms with Gasteiger partial charge in [-0.1, -0.05) is 0 Å². The number of carbonyl (C=O) groups excluding carboxylic acids is 3. The van der Waals surface area contributed by atoms with E-state index in [1.54, 1.807) is 20.0 Å². The van der Waals surface area contributed by atoms with Crippen LogP contribution in [0.1, 0.15) is 38.6 Å². The minimum atomic E-state index is -1.02. The Morgan fingerprint density at radius 1 is 1.48 bits per heavy atom. The van der Waals surface area contributed by atoms with Crippen molar-refractivity contribution in [2.75, 3.05) is 6.54 Å². The number of nitrogens with zero attached hydrogens (tertiary/aromatic N) is 3. The largest absolute Gasteiger partial charge is 0.344 e. The second-order valence-electron chi connectivity index (χ2n) is 6.68. The predicted molar refractivity (Wildman–Crippen MR) is 81.1 cm³/mol. The van der Waals surface area contributed by atoms with E-state index >= 15 is 0 Å². The van der Waals surface area contributed by atoms with Gasteiger partial charge in [-0.2, -0.15) is 0 Å². The van der Waals surface area contributed by atoms with Crippen LogP contribution in [-0.2, 0) is 16.6 Å². The summed E-state index contributed by atoms with van der Waals surface area (Å²) in [5.41, 5.74) is -1.02. The van der Waals surface area contributed by atoms with Crippen molar-refractivity contribution < 1.29 is 14.4 Å². The topological polar surface area (TPSA) is 96.3 Å². The third-order valence-electron chi connectivity index (χ3n) is 4.54. The molecule has 4 amide bonds. The van der Waals surface area contributed by atoms with Gasteiger partial charge in [0, 0.05) is 19.4 Å². The molecule has 0 radical (unpaired) electrons. The number of hydrogen-bond donors (Lipinski definition) is 2. The summed E-state index contributed by atoms with van der Waals surface area (Å²) in [4.78, 5) is 41.6. The second kappa shape index (κ2) is 5.36. The molecule has 2 N–H and O–H groups in total. The molecular formula is C15H21N5O3. The molecule has 0 spiro atoms. The van der Waals surface area contributed by atoms with Crippen LogP contribution in [0.15, 0.2) is 12.4 Å². The van der Waals surface area contributed by atoms with Gasteiger partial charge < -0.3 is 14.8 Å². The van der Waals surface area contributed by atoms with Crippen molar-refractivity contribution in [3.63, 3.8) is 0 Å². The van der Waals surface area contributed by atoms with Gasteiger partial charge in [-0.05, 0) is 32.6 Å². The molecule has 1 saturated heterocycles. The Labute approximate surface area is 134 Å². The first-order valence-electron chi connectivity index (χ1n) is 7.70. The standard InChI is InChI=1S/C15H21N5O3/c1-15(2)13(22)18-14(23)20(15)8-10(21)17-11(9-4-5-9)12-16-6-7-19(12)3/h6-7,9,11H,4-5,8H2,1-3H3,(H,17,21)(H,18,22,23)/t11-/m1/s1. The van der Waals surface area contributed by atoms with Crippen molar-refractivity contribution in [1.29, 1.82) is 0 Å². The van der Waals surface area contributed by atoms with Crippen LogP contribution in [0.25, 0.3) is 0 Å². The summed E-state index contributed by atoms with van der Waals surface area (Å²) in [7, 11) is 1.89. The predicted octanol–water partition coefficient (Wildman–Crippen LogP) is 0.318. The van der Waals surface area contributed by atoms with Gasteiger partial charge in [0.25, 0.3) is 5.91 Å². The first kappa shape index (κ1) is 15.5. The molecule has 8 nitrogen and oxygen atoms in total. The van der Waals surface area contributed by atoms with Crippen molar-refractivity contribution in [3.05, 3.63) is 18.2 Å². The monoisotopic (exact) mass is 319 g/mol. The van der Waals surface area contributed by atoms with E-state index in [0.717, 1.165) is 18.7 Å². The lowest BCUT2D eigenvalue weighted by Gasteiger charge is -2.28. The molecule has 2 aliphatic rings. The Balaban J connectivity index is 1.70. The zero-order valence-corrected chi connectivity index (χ0v) is 13.5. The Bertz CT molecular complexity index is 662. The maximum absolute atomic E-state index is 12.4. The van der Waals surface area contributed by atoms with E-state index in [2.05, 4.69) is 15.6 Å². The molecule has 1 atom stereocenters. The van der Waals surface area contributed by atoms with Crippen LogP contribution in [0.5, 0.6) is 0 Å². The highest BCUT2D eigenvalue weighted by Crippen LogP contribution is 2.40. The fraction of sp³-hybridized carbons (Fsp3) is 0.600. The summed E-state index contributed by atoms with van der Waals surface area (Å²) in [5, 5.41) is 5.21. The SMILES string of the molecule is Cn1ccnc1[C@H](NC(=O)CN1C(=O)NC(=O)C1(C)C)C1CC1. The Hall–Kier alpha value is -2.38. The lowest BCUT2D eigenvalue weighted by molar-refractivity contribution is -0.127. The molecule has 2 heterocycles. The maximum Gasteiger partial charge on any atom is 0.325 e. The van der Waals surface area contributed by atoms with Gasteiger partial charge in [0.2, 0.25) is 5.91 Å². The van der Waals surface area contributed by atoms with Gasteiger partial charge in [0.1, 0.15) is 17.9 Å². The third-order valence-corrected chi connectivity index (χ3v) is 4.54. The molecular weight excluding hydrogens is 298 g/mol. The molecule has 8 heteroatoms. The van der Waals surface area contributed by atoms with Gasteiger partial charge in [-0.3, -0.25) is 14.9 Å². The molecule has 1 aliphatic carbocycles. The molecule has 1 saturated carbocycles. The number of rotatable bonds is 5. The number of aryl methyl sites for hydroxylation is 1. The van der Waals surface area contributed by atoms with Crippen LogP contribution in [0.2, 0.25) is 0 Å². The van der Waals surface area contributed by atoms with Gasteiger partial charge in [0.05, 0.1) is 6.04 Å². The smallest absolute Gasteiger partial charge is 0.325 e. The first-order chi connectivity index (χ1) is 10.8. The molecule has 23 heavy (non-hydrogen) atoms. The fourth-order valence-electron chi connectivity index (χ4n) is 2.83. The Kier molecular flexibility index (Phi) is 3.62. The molecule has 124 valence electrons. The average molecular weight is 319 g/mol.